The molecule has 3 fully saturated rings. The first-order chi connectivity index (χ1) is 28.3. The zero-order valence-electron chi connectivity index (χ0n) is 33.4. The van der Waals surface area contributed by atoms with Crippen LogP contribution in [-0.4, -0.2) is 93.9 Å². The summed E-state index contributed by atoms with van der Waals surface area (Å²) < 4.78 is 15.0. The minimum atomic E-state index is -0.875. The van der Waals surface area contributed by atoms with Gasteiger partial charge in [0, 0.05) is 17.4 Å². The van der Waals surface area contributed by atoms with E-state index in [1.54, 1.807) is 0 Å². The van der Waals surface area contributed by atoms with Crippen molar-refractivity contribution in [2.24, 2.45) is 0 Å². The summed E-state index contributed by atoms with van der Waals surface area (Å²) in [5, 5.41) is 43.4. The van der Waals surface area contributed by atoms with Crippen LogP contribution in [0.4, 0.5) is 0 Å². The molecule has 1 aliphatic heterocycles. The Labute approximate surface area is 384 Å². The van der Waals surface area contributed by atoms with Crippen LogP contribution in [0.2, 0.25) is 0 Å². The van der Waals surface area contributed by atoms with Crippen LogP contribution in [0, 0.1) is 0 Å². The van der Waals surface area contributed by atoms with Crippen LogP contribution < -0.4 is 18.9 Å². The molecule has 2 aliphatic carbocycles. The molecule has 1 atom stereocenters. The number of benzene rings is 4. The topological polar surface area (TPSA) is 205 Å². The zero-order valence-corrected chi connectivity index (χ0v) is 38.2. The van der Waals surface area contributed by atoms with E-state index in [0.717, 1.165) is 40.5 Å². The third-order valence-corrected chi connectivity index (χ3v) is 12.8. The number of aromatic nitrogens is 6. The summed E-state index contributed by atoms with van der Waals surface area (Å²) in [4.78, 5) is 22.3. The molecule has 1 saturated heterocycles. The molecule has 19 heteroatoms. The zero-order chi connectivity index (χ0) is 41.2. The fourth-order valence-electron chi connectivity index (χ4n) is 6.88. The first-order valence-electron chi connectivity index (χ1n) is 18.9. The van der Waals surface area contributed by atoms with E-state index in [1.807, 2.05) is 21.3 Å². The predicted molar refractivity (Wildman–Crippen MR) is 235 cm³/mol. The number of carbonyl (C=O) groups is 2. The Morgan fingerprint density at radius 1 is 0.733 bits per heavy atom. The smallest absolute Gasteiger partial charge is 0.870 e. The molecule has 3 aliphatic rings. The maximum atomic E-state index is 11.5. The monoisotopic (exact) mass is 978 g/mol. The molecular weight excluding hydrogens is 935 g/mol. The average molecular weight is 981 g/mol. The van der Waals surface area contributed by atoms with Crippen molar-refractivity contribution >= 4 is 88.9 Å². The number of rotatable bonds is 11. The van der Waals surface area contributed by atoms with Crippen LogP contribution in [0.25, 0.3) is 32.9 Å². The third kappa shape index (κ3) is 12.2. The van der Waals surface area contributed by atoms with Crippen molar-refractivity contribution in [1.82, 2.24) is 29.5 Å². The number of ether oxygens (including phenoxy) is 2. The van der Waals surface area contributed by atoms with Crippen molar-refractivity contribution in [2.45, 2.75) is 80.1 Å². The number of aliphatic carboxylic acids is 1. The summed E-state index contributed by atoms with van der Waals surface area (Å²) in [6.45, 7) is 3.18. The predicted octanol–water partition coefficient (Wildman–Crippen LogP) is 6.98. The molecule has 0 amide bonds. The van der Waals surface area contributed by atoms with Gasteiger partial charge in [-0.25, -0.2) is 0 Å². The molecule has 60 heavy (non-hydrogen) atoms. The number of hydrogen-bond donors (Lipinski definition) is 3. The van der Waals surface area contributed by atoms with Crippen molar-refractivity contribution < 1.29 is 59.0 Å². The van der Waals surface area contributed by atoms with Gasteiger partial charge in [-0.15, -0.1) is 20.4 Å². The Balaban J connectivity index is 0.000000214. The molecule has 0 bridgehead atoms. The minimum absolute atomic E-state index is 0. The maximum absolute atomic E-state index is 11.5. The van der Waals surface area contributed by atoms with Gasteiger partial charge < -0.3 is 20.1 Å². The van der Waals surface area contributed by atoms with E-state index >= 15 is 0 Å². The second-order valence-corrected chi connectivity index (χ2v) is 17.1. The van der Waals surface area contributed by atoms with Gasteiger partial charge in [0.05, 0.1) is 36.1 Å². The van der Waals surface area contributed by atoms with E-state index in [4.69, 9.17) is 25.1 Å². The third-order valence-electron chi connectivity index (χ3n) is 9.92. The normalized spacial score (nSPS) is 15.3. The van der Waals surface area contributed by atoms with E-state index in [-0.39, 0.29) is 41.8 Å². The van der Waals surface area contributed by atoms with E-state index in [9.17, 15) is 9.59 Å². The summed E-state index contributed by atoms with van der Waals surface area (Å²) >= 11 is 9.39. The number of thioether (sulfide) groups is 2. The second-order valence-electron chi connectivity index (χ2n) is 13.8. The number of carboxylic acid groups (broad SMARTS) is 1. The van der Waals surface area contributed by atoms with E-state index < -0.39 is 5.97 Å². The fraction of sp³-hybridized carbons (Fsp3) is 0.366. The summed E-state index contributed by atoms with van der Waals surface area (Å²) in [7, 11) is 1.38. The van der Waals surface area contributed by atoms with Crippen molar-refractivity contribution in [2.75, 3.05) is 25.2 Å². The Bertz CT molecular complexity index is 2360. The number of esters is 1. The summed E-state index contributed by atoms with van der Waals surface area (Å²) in [6.07, 6.45) is 9.38. The van der Waals surface area contributed by atoms with E-state index in [1.165, 1.54) is 85.7 Å². The quantitative estimate of drug-likeness (QED) is 0.0394. The van der Waals surface area contributed by atoms with Gasteiger partial charge in [-0.1, -0.05) is 91.1 Å². The molecule has 4 N–H and O–H groups in total. The Morgan fingerprint density at radius 3 is 1.55 bits per heavy atom. The van der Waals surface area contributed by atoms with Crippen LogP contribution in [0.15, 0.2) is 92.6 Å². The van der Waals surface area contributed by atoms with Crippen LogP contribution >= 0.6 is 55.4 Å². The summed E-state index contributed by atoms with van der Waals surface area (Å²) in [5.74, 6) is 0.318. The average Bonchev–Trinajstić information content (AvgIpc) is 4.16. The fourth-order valence-corrected chi connectivity index (χ4v) is 9.43. The molecule has 6 aromatic rings. The van der Waals surface area contributed by atoms with Crippen LogP contribution in [0.5, 0.6) is 0 Å². The molecule has 2 saturated carbocycles. The number of methoxy groups -OCH3 is 1. The van der Waals surface area contributed by atoms with Crippen molar-refractivity contribution in [3.8, 4) is 11.4 Å². The largest absolute Gasteiger partial charge is 1.00 e. The molecule has 1 unspecified atom stereocenters. The standard InChI is InChI=1S/C18H16BrN3O2S.C17H14BrN3O2S.C6H12O.Li.H2O2.H2O/c1-24-16(23)10-25-18-21-20-17(19)22(18)15-9-8-12(11-6-7-11)13-4-2-3-5-14(13)15;18-16-19-20-17(24-9-15(22)23)21(16)14-8-7-11(10-5-6-10)12-3-1-2-4-13(12)14;1-2-6-4-3-5-7-6;;1-2;/h2-5,8-9,11H,6-7,10H2,1H3;1-4,7-8,10H,5-6,9H2,(H,22,23);6H,2-5H2,1H3;;1-2H;1H2/q;;;+1;;/p-1. The molecule has 2 aromatic heterocycles. The van der Waals surface area contributed by atoms with Gasteiger partial charge in [-0.3, -0.25) is 29.2 Å². The SMILES string of the molecule is CCC1CCCO1.COC(=O)CSc1nnc(Br)n1-c1ccc(C2CC2)c2ccccc12.O=C(O)CSc1nnc(Br)n1-c1ccc(C2CC2)c2ccccc12.OO.[Li+].[OH-]. The van der Waals surface area contributed by atoms with E-state index in [2.05, 4.69) is 120 Å². The minimum Gasteiger partial charge on any atom is -0.870 e. The first kappa shape index (κ1) is 49.4. The van der Waals surface area contributed by atoms with Gasteiger partial charge in [-0.2, -0.15) is 0 Å². The molecule has 9 rings (SSSR count). The van der Waals surface area contributed by atoms with Gasteiger partial charge in [-0.05, 0) is 123 Å². The first-order valence-corrected chi connectivity index (χ1v) is 22.4. The van der Waals surface area contributed by atoms with Gasteiger partial charge in [0.2, 0.25) is 9.47 Å². The van der Waals surface area contributed by atoms with Crippen molar-refractivity contribution in [1.29, 1.82) is 0 Å². The van der Waals surface area contributed by atoms with Crippen LogP contribution in [-0.2, 0) is 19.1 Å². The Hall–Kier alpha value is -3.28. The number of fused-ring (bicyclic) bond motifs is 2. The molecule has 14 nitrogen and oxygen atoms in total. The number of carbonyl (C=O) groups excluding carboxylic acids is 1. The van der Waals surface area contributed by atoms with Gasteiger partial charge in [0.25, 0.3) is 0 Å². The maximum Gasteiger partial charge on any atom is 1.00 e. The molecule has 4 aromatic carbocycles. The second kappa shape index (κ2) is 23.8. The number of hydrogen-bond acceptors (Lipinski definition) is 13. The number of nitrogens with zero attached hydrogens (tertiary/aromatic N) is 6. The van der Waals surface area contributed by atoms with Crippen molar-refractivity contribution in [3.05, 3.63) is 93.4 Å². The molecule has 0 radical (unpaired) electrons. The molecule has 314 valence electrons. The van der Waals surface area contributed by atoms with Gasteiger partial charge in [0.15, 0.2) is 10.3 Å². The Morgan fingerprint density at radius 2 is 1.18 bits per heavy atom. The molecular formula is C41H45Br2LiN6O8S2. The van der Waals surface area contributed by atoms with Crippen LogP contribution in [0.3, 0.4) is 0 Å². The van der Waals surface area contributed by atoms with E-state index in [0.29, 0.717) is 37.7 Å². The number of carboxylic acids is 1. The molecule has 0 spiro atoms. The summed E-state index contributed by atoms with van der Waals surface area (Å²) in [5.41, 5.74) is 4.76. The van der Waals surface area contributed by atoms with Crippen LogP contribution in [0.1, 0.15) is 74.8 Å². The van der Waals surface area contributed by atoms with Gasteiger partial charge >= 0.3 is 30.8 Å². The van der Waals surface area contributed by atoms with Gasteiger partial charge in [0.1, 0.15) is 0 Å². The van der Waals surface area contributed by atoms with Crippen molar-refractivity contribution in [3.63, 3.8) is 0 Å². The number of halogens is 2. The Kier molecular flexibility index (Phi) is 19.6. The summed E-state index contributed by atoms with van der Waals surface area (Å²) in [6, 6.07) is 25.3. The molecule has 3 heterocycles.